The van der Waals surface area contributed by atoms with Gasteiger partial charge >= 0.3 is 0 Å². The van der Waals surface area contributed by atoms with Crippen molar-refractivity contribution in [1.29, 1.82) is 5.26 Å². The number of allylic oxidation sites excluding steroid dienone is 1. The molecule has 1 N–H and O–H groups in total. The van der Waals surface area contributed by atoms with E-state index in [1.807, 2.05) is 36.4 Å². The van der Waals surface area contributed by atoms with Crippen molar-refractivity contribution in [1.82, 2.24) is 0 Å². The van der Waals surface area contributed by atoms with E-state index in [2.05, 4.69) is 6.07 Å². The highest BCUT2D eigenvalue weighted by Gasteiger charge is 2.33. The van der Waals surface area contributed by atoms with Crippen molar-refractivity contribution in [2.45, 2.75) is 18.3 Å². The molecule has 15 heavy (non-hydrogen) atoms. The fourth-order valence-corrected chi connectivity index (χ4v) is 2.16. The lowest BCUT2D eigenvalue weighted by Crippen LogP contribution is -2.27. The van der Waals surface area contributed by atoms with E-state index < -0.39 is 5.41 Å². The fourth-order valence-electron chi connectivity index (χ4n) is 2.16. The van der Waals surface area contributed by atoms with Crippen molar-refractivity contribution >= 4 is 6.08 Å². The molecule has 0 saturated carbocycles. The van der Waals surface area contributed by atoms with Crippen LogP contribution in [-0.2, 0) is 5.41 Å². The van der Waals surface area contributed by atoms with Gasteiger partial charge in [0.05, 0.1) is 11.5 Å². The van der Waals surface area contributed by atoms with Crippen molar-refractivity contribution < 1.29 is 5.11 Å². The second-order valence-electron chi connectivity index (χ2n) is 3.86. The van der Waals surface area contributed by atoms with Crippen LogP contribution in [0.3, 0.4) is 0 Å². The van der Waals surface area contributed by atoms with Crippen LogP contribution in [0.5, 0.6) is 0 Å². The Hall–Kier alpha value is -1.59. The van der Waals surface area contributed by atoms with Gasteiger partial charge in [0.15, 0.2) is 0 Å². The van der Waals surface area contributed by atoms with Crippen LogP contribution in [0.2, 0.25) is 0 Å². The summed E-state index contributed by atoms with van der Waals surface area (Å²) in [6.07, 6.45) is 5.26. The predicted octanol–water partition coefficient (Wildman–Crippen LogP) is 2.25. The average Bonchev–Trinajstić information content (AvgIpc) is 2.30. The van der Waals surface area contributed by atoms with E-state index in [9.17, 15) is 5.26 Å². The van der Waals surface area contributed by atoms with Crippen LogP contribution in [0.1, 0.15) is 24.0 Å². The number of hydrogen-bond donors (Lipinski definition) is 1. The summed E-state index contributed by atoms with van der Waals surface area (Å²) in [6, 6.07) is 10.3. The number of aliphatic hydroxyl groups excluding tert-OH is 1. The monoisotopic (exact) mass is 199 g/mol. The van der Waals surface area contributed by atoms with Crippen LogP contribution in [0.25, 0.3) is 6.08 Å². The Labute approximate surface area is 89.5 Å². The van der Waals surface area contributed by atoms with Crippen molar-refractivity contribution in [2.75, 3.05) is 6.61 Å². The zero-order valence-electron chi connectivity index (χ0n) is 8.48. The molecule has 0 aliphatic heterocycles. The maximum absolute atomic E-state index is 9.32. The maximum atomic E-state index is 9.32. The van der Waals surface area contributed by atoms with E-state index in [1.54, 1.807) is 0 Å². The number of nitrogens with zero attached hydrogens (tertiary/aromatic N) is 1. The summed E-state index contributed by atoms with van der Waals surface area (Å²) in [4.78, 5) is 0. The fraction of sp³-hybridized carbons (Fsp3) is 0.308. The second kappa shape index (κ2) is 3.88. The van der Waals surface area contributed by atoms with Crippen LogP contribution < -0.4 is 0 Å². The molecule has 1 atom stereocenters. The Bertz CT molecular complexity index is 430. The SMILES string of the molecule is N#CC1(CCO)CC=Cc2ccccc21. The normalized spacial score (nSPS) is 23.2. The minimum atomic E-state index is -0.528. The quantitative estimate of drug-likeness (QED) is 0.793. The van der Waals surface area contributed by atoms with Gasteiger partial charge in [-0.25, -0.2) is 0 Å². The van der Waals surface area contributed by atoms with Crippen molar-refractivity contribution in [3.63, 3.8) is 0 Å². The molecule has 0 heterocycles. The van der Waals surface area contributed by atoms with E-state index >= 15 is 0 Å². The third kappa shape index (κ3) is 1.55. The maximum Gasteiger partial charge on any atom is 0.0884 e. The van der Waals surface area contributed by atoms with Crippen molar-refractivity contribution in [2.24, 2.45) is 0 Å². The molecular formula is C13H13NO. The minimum Gasteiger partial charge on any atom is -0.396 e. The molecule has 0 bridgehead atoms. The molecule has 1 aliphatic carbocycles. The van der Waals surface area contributed by atoms with E-state index in [4.69, 9.17) is 5.11 Å². The number of aliphatic hydroxyl groups is 1. The Kier molecular flexibility index (Phi) is 2.57. The molecule has 2 heteroatoms. The molecule has 1 aromatic rings. The largest absolute Gasteiger partial charge is 0.396 e. The Balaban J connectivity index is 2.53. The zero-order chi connectivity index (χ0) is 10.7. The molecule has 0 saturated heterocycles. The first-order valence-electron chi connectivity index (χ1n) is 5.10. The van der Waals surface area contributed by atoms with Gasteiger partial charge in [0.25, 0.3) is 0 Å². The second-order valence-corrected chi connectivity index (χ2v) is 3.86. The number of benzene rings is 1. The predicted molar refractivity (Wildman–Crippen MR) is 59.1 cm³/mol. The summed E-state index contributed by atoms with van der Waals surface area (Å²) in [7, 11) is 0. The molecule has 0 spiro atoms. The zero-order valence-corrected chi connectivity index (χ0v) is 8.48. The number of hydrogen-bond acceptors (Lipinski definition) is 2. The molecule has 1 aromatic carbocycles. The van der Waals surface area contributed by atoms with Gasteiger partial charge in [0, 0.05) is 6.61 Å². The van der Waals surface area contributed by atoms with Crippen LogP contribution >= 0.6 is 0 Å². The van der Waals surface area contributed by atoms with Crippen molar-refractivity contribution in [3.8, 4) is 6.07 Å². The molecule has 0 amide bonds. The Morgan fingerprint density at radius 3 is 2.93 bits per heavy atom. The standard InChI is InChI=1S/C13H13NO/c14-10-13(8-9-15)7-3-5-11-4-1-2-6-12(11)13/h1-6,15H,7-9H2. The number of rotatable bonds is 2. The third-order valence-electron chi connectivity index (χ3n) is 2.99. The van der Waals surface area contributed by atoms with E-state index in [1.165, 1.54) is 0 Å². The molecule has 76 valence electrons. The van der Waals surface area contributed by atoms with Crippen molar-refractivity contribution in [3.05, 3.63) is 41.5 Å². The number of fused-ring (bicyclic) bond motifs is 1. The van der Waals surface area contributed by atoms with Crippen LogP contribution in [0.15, 0.2) is 30.3 Å². The van der Waals surface area contributed by atoms with Crippen LogP contribution in [-0.4, -0.2) is 11.7 Å². The molecule has 1 unspecified atom stereocenters. The van der Waals surface area contributed by atoms with Crippen LogP contribution in [0.4, 0.5) is 0 Å². The van der Waals surface area contributed by atoms with E-state index in [0.29, 0.717) is 12.8 Å². The molecule has 2 rings (SSSR count). The summed E-state index contributed by atoms with van der Waals surface area (Å²) >= 11 is 0. The molecule has 0 fully saturated rings. The summed E-state index contributed by atoms with van der Waals surface area (Å²) in [6.45, 7) is 0.0513. The first kappa shape index (κ1) is 9.95. The molecule has 2 nitrogen and oxygen atoms in total. The lowest BCUT2D eigenvalue weighted by atomic mass is 9.72. The van der Waals surface area contributed by atoms with Gasteiger partial charge in [-0.1, -0.05) is 36.4 Å². The topological polar surface area (TPSA) is 44.0 Å². The molecule has 0 aromatic heterocycles. The van der Waals surface area contributed by atoms with Crippen LogP contribution in [0, 0.1) is 11.3 Å². The summed E-state index contributed by atoms with van der Waals surface area (Å²) in [5, 5.41) is 18.4. The van der Waals surface area contributed by atoms with E-state index in [-0.39, 0.29) is 6.61 Å². The third-order valence-corrected chi connectivity index (χ3v) is 2.99. The first-order chi connectivity index (χ1) is 7.32. The van der Waals surface area contributed by atoms with E-state index in [0.717, 1.165) is 11.1 Å². The molecule has 1 aliphatic rings. The minimum absolute atomic E-state index is 0.0513. The average molecular weight is 199 g/mol. The highest BCUT2D eigenvalue weighted by molar-refractivity contribution is 5.61. The van der Waals surface area contributed by atoms with Gasteiger partial charge in [0.2, 0.25) is 0 Å². The van der Waals surface area contributed by atoms with Gasteiger partial charge in [-0.15, -0.1) is 0 Å². The summed E-state index contributed by atoms with van der Waals surface area (Å²) < 4.78 is 0. The summed E-state index contributed by atoms with van der Waals surface area (Å²) in [5.74, 6) is 0. The smallest absolute Gasteiger partial charge is 0.0884 e. The molecule has 0 radical (unpaired) electrons. The molecular weight excluding hydrogens is 186 g/mol. The number of nitriles is 1. The first-order valence-corrected chi connectivity index (χ1v) is 5.10. The Morgan fingerprint density at radius 2 is 2.20 bits per heavy atom. The summed E-state index contributed by atoms with van der Waals surface area (Å²) in [5.41, 5.74) is 1.61. The van der Waals surface area contributed by atoms with Gasteiger partial charge in [-0.3, -0.25) is 0 Å². The highest BCUT2D eigenvalue weighted by atomic mass is 16.3. The lowest BCUT2D eigenvalue weighted by Gasteiger charge is -2.29. The lowest BCUT2D eigenvalue weighted by molar-refractivity contribution is 0.258. The van der Waals surface area contributed by atoms with Gasteiger partial charge in [0.1, 0.15) is 0 Å². The van der Waals surface area contributed by atoms with Gasteiger partial charge in [-0.2, -0.15) is 5.26 Å². The van der Waals surface area contributed by atoms with Gasteiger partial charge in [-0.05, 0) is 24.0 Å². The highest BCUT2D eigenvalue weighted by Crippen LogP contribution is 2.37. The van der Waals surface area contributed by atoms with Gasteiger partial charge < -0.3 is 5.11 Å². The Morgan fingerprint density at radius 1 is 1.40 bits per heavy atom.